The molecule has 3 rings (SSSR count). The number of carbonyl (C=O) groups excluding carboxylic acids is 2. The molecule has 142 valence electrons. The summed E-state index contributed by atoms with van der Waals surface area (Å²) in [5.74, 6) is -0.979. The van der Waals surface area contributed by atoms with Gasteiger partial charge in [0.05, 0.1) is 5.69 Å². The number of thioether (sulfide) groups is 1. The van der Waals surface area contributed by atoms with Crippen LogP contribution in [0.5, 0.6) is 0 Å². The molecule has 1 heterocycles. The van der Waals surface area contributed by atoms with E-state index in [1.807, 2.05) is 60.7 Å². The van der Waals surface area contributed by atoms with Crippen LogP contribution in [0.3, 0.4) is 0 Å². The van der Waals surface area contributed by atoms with Crippen LogP contribution >= 0.6 is 23.4 Å². The Kier molecular flexibility index (Phi) is 7.06. The Morgan fingerprint density at radius 1 is 1.00 bits per heavy atom. The predicted molar refractivity (Wildman–Crippen MR) is 110 cm³/mol. The van der Waals surface area contributed by atoms with Gasteiger partial charge in [0.25, 0.3) is 5.91 Å². The Morgan fingerprint density at radius 2 is 1.68 bits per heavy atom. The molecular weight excluding hydrogens is 396 g/mol. The number of nitrogens with zero attached hydrogens (tertiary/aromatic N) is 1. The highest BCUT2D eigenvalue weighted by Gasteiger charge is 2.24. The molecule has 0 radical (unpaired) electrons. The maximum atomic E-state index is 12.7. The number of nitrogens with one attached hydrogen (secondary N) is 1. The van der Waals surface area contributed by atoms with Crippen LogP contribution in [0.25, 0.3) is 0 Å². The number of amides is 1. The molecule has 1 amide bonds. The van der Waals surface area contributed by atoms with Crippen molar-refractivity contribution in [3.63, 3.8) is 0 Å². The minimum Gasteiger partial charge on any atom is -0.454 e. The van der Waals surface area contributed by atoms with Gasteiger partial charge in [-0.3, -0.25) is 9.59 Å². The maximum absolute atomic E-state index is 12.7. The molecule has 0 saturated heterocycles. The lowest BCUT2D eigenvalue weighted by molar-refractivity contribution is -0.146. The zero-order valence-corrected chi connectivity index (χ0v) is 16.3. The van der Waals surface area contributed by atoms with Gasteiger partial charge in [-0.2, -0.15) is 0 Å². The Hall–Kier alpha value is -2.83. The van der Waals surface area contributed by atoms with Crippen molar-refractivity contribution in [2.75, 3.05) is 11.9 Å². The fourth-order valence-electron chi connectivity index (χ4n) is 2.39. The van der Waals surface area contributed by atoms with Crippen molar-refractivity contribution in [1.82, 2.24) is 4.98 Å². The Balaban J connectivity index is 1.66. The van der Waals surface area contributed by atoms with E-state index in [0.29, 0.717) is 5.69 Å². The number of esters is 1. The molecule has 28 heavy (non-hydrogen) atoms. The van der Waals surface area contributed by atoms with E-state index in [0.717, 1.165) is 10.5 Å². The molecule has 0 saturated carbocycles. The number of carbonyl (C=O) groups is 2. The summed E-state index contributed by atoms with van der Waals surface area (Å²) in [7, 11) is 0. The molecule has 0 aliphatic heterocycles. The van der Waals surface area contributed by atoms with Gasteiger partial charge in [-0.05, 0) is 29.8 Å². The van der Waals surface area contributed by atoms with Gasteiger partial charge in [0.15, 0.2) is 11.8 Å². The zero-order chi connectivity index (χ0) is 19.8. The summed E-state index contributed by atoms with van der Waals surface area (Å²) in [4.78, 5) is 29.6. The number of benzene rings is 2. The highest BCUT2D eigenvalue weighted by molar-refractivity contribution is 8.00. The molecule has 0 bridgehead atoms. The first kappa shape index (κ1) is 19.9. The van der Waals surface area contributed by atoms with Crippen LogP contribution in [0.1, 0.15) is 10.8 Å². The Bertz CT molecular complexity index is 939. The molecule has 1 atom stereocenters. The smallest absolute Gasteiger partial charge is 0.324 e. The number of ether oxygens (including phenoxy) is 1. The van der Waals surface area contributed by atoms with Crippen LogP contribution in [0, 0.1) is 0 Å². The minimum absolute atomic E-state index is 0.170. The van der Waals surface area contributed by atoms with Crippen molar-refractivity contribution in [3.05, 3.63) is 89.7 Å². The molecular formula is C21H17ClN2O3S. The summed E-state index contributed by atoms with van der Waals surface area (Å²) in [6.07, 6.45) is 1.52. The lowest BCUT2D eigenvalue weighted by Gasteiger charge is -2.16. The van der Waals surface area contributed by atoms with Crippen molar-refractivity contribution in [1.29, 1.82) is 0 Å². The van der Waals surface area contributed by atoms with E-state index in [1.54, 1.807) is 12.1 Å². The van der Waals surface area contributed by atoms with E-state index in [1.165, 1.54) is 18.0 Å². The van der Waals surface area contributed by atoms with Gasteiger partial charge in [0.1, 0.15) is 5.25 Å². The first-order valence-electron chi connectivity index (χ1n) is 8.47. The third kappa shape index (κ3) is 5.58. The molecule has 0 aliphatic carbocycles. The maximum Gasteiger partial charge on any atom is 0.324 e. The molecule has 7 heteroatoms. The molecule has 5 nitrogen and oxygen atoms in total. The summed E-state index contributed by atoms with van der Waals surface area (Å²) < 4.78 is 5.27. The van der Waals surface area contributed by atoms with Crippen LogP contribution in [-0.2, 0) is 14.3 Å². The Labute approximate surface area is 172 Å². The third-order valence-electron chi connectivity index (χ3n) is 3.69. The van der Waals surface area contributed by atoms with Gasteiger partial charge in [-0.25, -0.2) is 4.98 Å². The summed E-state index contributed by atoms with van der Waals surface area (Å²) in [5.41, 5.74) is 1.17. The number of hydrogen-bond acceptors (Lipinski definition) is 5. The molecule has 0 spiro atoms. The summed E-state index contributed by atoms with van der Waals surface area (Å²) >= 11 is 7.29. The lowest BCUT2D eigenvalue weighted by Crippen LogP contribution is -2.23. The number of pyridine rings is 1. The van der Waals surface area contributed by atoms with Gasteiger partial charge < -0.3 is 10.1 Å². The average molecular weight is 413 g/mol. The fourth-order valence-corrected chi connectivity index (χ4v) is 3.60. The minimum atomic E-state index is -0.585. The van der Waals surface area contributed by atoms with Crippen molar-refractivity contribution in [2.45, 2.75) is 10.1 Å². The molecule has 1 unspecified atom stereocenters. The van der Waals surface area contributed by atoms with Gasteiger partial charge in [-0.15, -0.1) is 11.8 Å². The van der Waals surface area contributed by atoms with Gasteiger partial charge in [0.2, 0.25) is 0 Å². The molecule has 1 N–H and O–H groups in total. The summed E-state index contributed by atoms with van der Waals surface area (Å²) in [6.45, 7) is -0.414. The second-order valence-corrected chi connectivity index (χ2v) is 7.26. The van der Waals surface area contributed by atoms with Crippen LogP contribution in [-0.4, -0.2) is 23.5 Å². The number of rotatable bonds is 7. The first-order chi connectivity index (χ1) is 13.6. The summed E-state index contributed by atoms with van der Waals surface area (Å²) in [5, 5.41) is 2.16. The van der Waals surface area contributed by atoms with Crippen molar-refractivity contribution in [2.24, 2.45) is 0 Å². The average Bonchev–Trinajstić information content (AvgIpc) is 2.73. The number of hydrogen-bond donors (Lipinski definition) is 1. The second-order valence-electron chi connectivity index (χ2n) is 5.72. The van der Waals surface area contributed by atoms with Crippen LogP contribution in [0.4, 0.5) is 5.69 Å². The van der Waals surface area contributed by atoms with E-state index < -0.39 is 23.7 Å². The summed E-state index contributed by atoms with van der Waals surface area (Å²) in [6, 6.07) is 22.1. The third-order valence-corrected chi connectivity index (χ3v) is 5.24. The number of aromatic nitrogens is 1. The van der Waals surface area contributed by atoms with Crippen molar-refractivity contribution < 1.29 is 14.3 Å². The van der Waals surface area contributed by atoms with Crippen LogP contribution < -0.4 is 5.32 Å². The molecule has 0 aliphatic rings. The van der Waals surface area contributed by atoms with Crippen LogP contribution in [0.2, 0.25) is 5.15 Å². The highest BCUT2D eigenvalue weighted by Crippen LogP contribution is 2.36. The van der Waals surface area contributed by atoms with Gasteiger partial charge >= 0.3 is 5.97 Å². The molecule has 0 fully saturated rings. The monoisotopic (exact) mass is 412 g/mol. The zero-order valence-electron chi connectivity index (χ0n) is 14.7. The molecule has 1 aromatic heterocycles. The highest BCUT2D eigenvalue weighted by atomic mass is 35.5. The number of halogens is 1. The second kappa shape index (κ2) is 9.92. The molecule has 2 aromatic carbocycles. The fraction of sp³-hybridized carbons (Fsp3) is 0.0952. The Morgan fingerprint density at radius 3 is 2.36 bits per heavy atom. The normalized spacial score (nSPS) is 11.5. The van der Waals surface area contributed by atoms with Crippen molar-refractivity contribution >= 4 is 40.9 Å². The molecule has 3 aromatic rings. The standard InChI is InChI=1S/C21H17ClN2O3S/c22-20-17(12-7-13-23-20)24-18(25)14-27-21(26)19(15-8-3-1-4-9-15)28-16-10-5-2-6-11-16/h1-13,19H,14H2,(H,24,25). The lowest BCUT2D eigenvalue weighted by atomic mass is 10.1. The topological polar surface area (TPSA) is 68.3 Å². The number of anilines is 1. The van der Waals surface area contributed by atoms with Crippen molar-refractivity contribution in [3.8, 4) is 0 Å². The van der Waals surface area contributed by atoms with Crippen LogP contribution in [0.15, 0.2) is 83.9 Å². The van der Waals surface area contributed by atoms with Gasteiger partial charge in [0, 0.05) is 11.1 Å². The largest absolute Gasteiger partial charge is 0.454 e. The van der Waals surface area contributed by atoms with Gasteiger partial charge in [-0.1, -0.05) is 60.1 Å². The van der Waals surface area contributed by atoms with E-state index in [9.17, 15) is 9.59 Å². The van der Waals surface area contributed by atoms with E-state index in [-0.39, 0.29) is 5.15 Å². The predicted octanol–water partition coefficient (Wildman–Crippen LogP) is 4.75. The van der Waals surface area contributed by atoms with E-state index in [2.05, 4.69) is 10.3 Å². The van der Waals surface area contributed by atoms with E-state index >= 15 is 0 Å². The first-order valence-corrected chi connectivity index (χ1v) is 9.73. The SMILES string of the molecule is O=C(COC(=O)C(Sc1ccccc1)c1ccccc1)Nc1cccnc1Cl. The van der Waals surface area contributed by atoms with E-state index in [4.69, 9.17) is 16.3 Å². The quantitative estimate of drug-likeness (QED) is 0.344.